The van der Waals surface area contributed by atoms with Gasteiger partial charge in [0.2, 0.25) is 5.28 Å². The first-order valence-electron chi connectivity index (χ1n) is 36.1. The lowest BCUT2D eigenvalue weighted by atomic mass is 10.0. The number of aldehydes is 1. The highest BCUT2D eigenvalue weighted by Gasteiger charge is 2.44. The van der Waals surface area contributed by atoms with Gasteiger partial charge >= 0.3 is 72.2 Å². The Morgan fingerprint density at radius 2 is 0.797 bits per heavy atom. The van der Waals surface area contributed by atoms with Gasteiger partial charge in [-0.05, 0) is 169 Å². The molecule has 128 heavy (non-hydrogen) atoms. The number of cyclic esters (lactones) is 3. The van der Waals surface area contributed by atoms with Crippen molar-refractivity contribution >= 4 is 109 Å². The number of hydrogen-bond donors (Lipinski definition) is 1. The number of hydrogen-bond acceptors (Lipinski definition) is 28. The Bertz CT molecular complexity index is 6120. The monoisotopic (exact) mass is 1980 g/mol. The van der Waals surface area contributed by atoms with E-state index in [0.29, 0.717) is 57.5 Å². The number of halogens is 18. The minimum Gasteiger partial charge on any atom is -0.467 e. The Balaban J connectivity index is 0.000000181. The van der Waals surface area contributed by atoms with E-state index in [0.717, 1.165) is 6.07 Å². The van der Waals surface area contributed by atoms with Gasteiger partial charge in [-0.25, -0.2) is 33.9 Å². The number of fused-ring (bicyclic) bond motifs is 3. The number of para-hydroxylation sites is 4. The van der Waals surface area contributed by atoms with Crippen LogP contribution in [0.25, 0.3) is 45.8 Å². The van der Waals surface area contributed by atoms with Crippen molar-refractivity contribution in [3.8, 4) is 80.8 Å². The van der Waals surface area contributed by atoms with E-state index in [9.17, 15) is 86.0 Å². The van der Waals surface area contributed by atoms with Crippen molar-refractivity contribution in [1.82, 2.24) is 39.9 Å². The molecule has 29 nitrogen and oxygen atoms in total. The molecule has 0 amide bonds. The van der Waals surface area contributed by atoms with E-state index in [4.69, 9.17) is 57.7 Å². The third-order valence-corrected chi connectivity index (χ3v) is 17.8. The molecule has 678 valence electrons. The molecule has 4 aromatic carbocycles. The molecule has 0 saturated carbocycles. The zero-order chi connectivity index (χ0) is 92.8. The van der Waals surface area contributed by atoms with Crippen LogP contribution in [0.4, 0.5) is 52.7 Å². The summed E-state index contributed by atoms with van der Waals surface area (Å²) in [5.41, 5.74) is 1.36. The van der Waals surface area contributed by atoms with Crippen LogP contribution in [0.5, 0.6) is 35.0 Å². The lowest BCUT2D eigenvalue weighted by Crippen LogP contribution is -2.19. The number of aromatic nitrogens is 8. The fraction of sp³-hybridized carbons (Fsp3) is 0.237. The van der Waals surface area contributed by atoms with Crippen LogP contribution < -0.4 is 34.1 Å². The van der Waals surface area contributed by atoms with Crippen molar-refractivity contribution in [2.45, 2.75) is 103 Å². The maximum atomic E-state index is 12.7. The van der Waals surface area contributed by atoms with Crippen LogP contribution in [-0.2, 0) is 48.1 Å². The van der Waals surface area contributed by atoms with E-state index in [1.54, 1.807) is 107 Å². The summed E-state index contributed by atoms with van der Waals surface area (Å²) < 4.78 is 228. The minimum atomic E-state index is -4.87. The van der Waals surface area contributed by atoms with E-state index in [2.05, 4.69) is 108 Å². The van der Waals surface area contributed by atoms with Crippen LogP contribution >= 0.6 is 78.9 Å². The molecule has 3 aliphatic heterocycles. The van der Waals surface area contributed by atoms with Gasteiger partial charge in [-0.3, -0.25) is 9.36 Å². The highest BCUT2D eigenvalue weighted by molar-refractivity contribution is 9.08. The second-order valence-electron chi connectivity index (χ2n) is 25.8. The Morgan fingerprint density at radius 1 is 0.469 bits per heavy atom. The summed E-state index contributed by atoms with van der Waals surface area (Å²) in [5.74, 6) is -0.608. The number of ether oxygens (including phenoxy) is 10. The third-order valence-electron chi connectivity index (χ3n) is 17.0. The van der Waals surface area contributed by atoms with Gasteiger partial charge in [0.25, 0.3) is 0 Å². The van der Waals surface area contributed by atoms with Crippen LogP contribution in [0.3, 0.4) is 0 Å². The standard InChI is InChI=1S/C20H15F3N2O5.C19H12ClF3N2O4.C19H13F3N2O5.C14H14N2O5.C8H6BrF3O.Cl3OP.ClH/c1-10-7-8-13(28-10)16-15-17(25-19(24-16)27-2)14(29-18(15)26)9-11-5-3-4-6-12(11)30-20(21,22)23;1-9-6-7-12(27-9)15-14-16(25-18(20)24-15)13(28-17(14)26)8-10-4-2-3-5-11(10)29-19(21,22)23;1-9-6-7-12(27-9)15-14-16(24-18(26)23-15)13(28-17(14)25)8-10-4-2-3-5-11(10)29-19(20,21)22;1-4-20-13(18)11-9(7-17)15-14(19-3)16-12(11)10-6-5-8(2)21-10;9-5-6-3-1-2-4-7(6)13-8(10,11)12;1-5(2,3)4;/h3-8,14H,9H2,1-2H3;2-7,13H,8H2,1H3;2-7,13H,8H2,1H3,(H,23,24,26);5-7H,4H2,1-3H3;1-4H,5H2;;1H. The lowest BCUT2D eigenvalue weighted by Gasteiger charge is -2.15. The van der Waals surface area contributed by atoms with Crippen LogP contribution in [0.15, 0.2) is 168 Å². The Morgan fingerprint density at radius 3 is 1.16 bits per heavy atom. The van der Waals surface area contributed by atoms with E-state index in [1.165, 1.54) is 80.9 Å². The molecule has 0 radical (unpaired) electrons. The van der Waals surface area contributed by atoms with Crippen molar-refractivity contribution in [3.63, 3.8) is 0 Å². The number of alkyl halides is 13. The van der Waals surface area contributed by atoms with Crippen LogP contribution in [-0.4, -0.2) is 116 Å². The van der Waals surface area contributed by atoms with Gasteiger partial charge in [-0.1, -0.05) is 88.7 Å². The average molecular weight is 1990 g/mol. The number of methoxy groups -OCH3 is 2. The molecular formula is C80H61BrCl5F12N8O21P. The number of furan rings is 4. The number of aryl methyl sites for hydroxylation is 4. The summed E-state index contributed by atoms with van der Waals surface area (Å²) in [6, 6.07) is 35.9. The predicted octanol–water partition coefficient (Wildman–Crippen LogP) is 21.9. The number of nitrogens with one attached hydrogen (secondary N) is 1. The number of esters is 4. The summed E-state index contributed by atoms with van der Waals surface area (Å²) in [6.07, 6.45) is -22.0. The predicted molar refractivity (Wildman–Crippen MR) is 433 cm³/mol. The molecule has 11 heterocycles. The molecule has 3 aliphatic rings. The molecular weight excluding hydrogens is 1930 g/mol. The number of carbonyl (C=O) groups excluding carboxylic acids is 5. The smallest absolute Gasteiger partial charge is 0.467 e. The van der Waals surface area contributed by atoms with Gasteiger partial charge in [0, 0.05) is 30.2 Å². The summed E-state index contributed by atoms with van der Waals surface area (Å²) in [7, 11) is 2.73. The Labute approximate surface area is 747 Å². The minimum absolute atomic E-state index is 0. The fourth-order valence-corrected chi connectivity index (χ4v) is 12.7. The summed E-state index contributed by atoms with van der Waals surface area (Å²) in [4.78, 5) is 104. The van der Waals surface area contributed by atoms with Gasteiger partial charge in [0.1, 0.15) is 126 Å². The largest absolute Gasteiger partial charge is 0.573 e. The molecule has 3 unspecified atom stereocenters. The Kier molecular flexibility index (Phi) is 33.1. The molecule has 0 aliphatic carbocycles. The van der Waals surface area contributed by atoms with Crippen LogP contribution in [0.2, 0.25) is 5.28 Å². The number of H-pyrrole nitrogens is 1. The molecule has 12 aromatic rings. The number of nitrogens with zero attached hydrogens (tertiary/aromatic N) is 7. The zero-order valence-corrected chi connectivity index (χ0v) is 72.5. The first kappa shape index (κ1) is 99.6. The highest BCUT2D eigenvalue weighted by atomic mass is 79.9. The fourth-order valence-electron chi connectivity index (χ4n) is 12.1. The van der Waals surface area contributed by atoms with Gasteiger partial charge in [0.15, 0.2) is 29.3 Å². The maximum absolute atomic E-state index is 12.7. The molecule has 0 bridgehead atoms. The average Bonchev–Trinajstić information content (AvgIpc) is 1.62. The number of rotatable bonds is 20. The number of benzene rings is 4. The first-order chi connectivity index (χ1) is 59.8. The third kappa shape index (κ3) is 27.2. The quantitative estimate of drug-likeness (QED) is 0.0141. The van der Waals surface area contributed by atoms with Gasteiger partial charge in [0.05, 0.1) is 26.5 Å². The first-order valence-corrected chi connectivity index (χ1v) is 42.0. The highest BCUT2D eigenvalue weighted by Crippen LogP contribution is 2.61. The van der Waals surface area contributed by atoms with Crippen molar-refractivity contribution in [2.24, 2.45) is 0 Å². The SMILES string of the molecule is CCOC(=O)c1c(C=O)nc(OC)nc1-c1ccc(C)o1.COc1nc(-c2ccc(C)o2)c2c(n1)C(Cc1ccccc1OC(F)(F)F)OC2=O.Cc1ccc(-c2nc(=O)[nH]c3c2C(=O)OC3Cc2ccccc2OC(F)(F)F)o1.Cc1ccc(-c2nc(Cl)nc3c2C(=O)OC3Cc2ccccc2OC(F)(F)F)o1.Cl.FC(F)(F)Oc1ccccc1CBr.O=P(Cl)(Cl)Cl. The van der Waals surface area contributed by atoms with Gasteiger partial charge in [-0.15, -0.1) is 65.1 Å². The Hall–Kier alpha value is -12.2. The molecule has 3 atom stereocenters. The second kappa shape index (κ2) is 42.6. The van der Waals surface area contributed by atoms with E-state index in [1.807, 2.05) is 0 Å². The van der Waals surface area contributed by atoms with Crippen molar-refractivity contribution in [2.75, 3.05) is 20.8 Å². The molecule has 8 aromatic heterocycles. The number of carbonyl (C=O) groups is 5. The van der Waals surface area contributed by atoms with Crippen molar-refractivity contribution in [1.29, 1.82) is 0 Å². The summed E-state index contributed by atoms with van der Waals surface area (Å²) in [6.45, 7) is 8.74. The molecule has 48 heteroatoms. The number of aromatic amines is 1. The summed E-state index contributed by atoms with van der Waals surface area (Å²) >= 11 is 22.9. The van der Waals surface area contributed by atoms with Gasteiger partial charge in [-0.2, -0.15) is 24.9 Å². The molecule has 15 rings (SSSR count). The van der Waals surface area contributed by atoms with Crippen LogP contribution in [0.1, 0.15) is 140 Å². The molecule has 0 fully saturated rings. The molecule has 1 N–H and O–H groups in total. The topological polar surface area (TPSA) is 370 Å². The zero-order valence-electron chi connectivity index (χ0n) is 66.2. The van der Waals surface area contributed by atoms with Gasteiger partial charge < -0.3 is 70.0 Å². The van der Waals surface area contributed by atoms with E-state index >= 15 is 0 Å². The van der Waals surface area contributed by atoms with E-state index < -0.39 is 84.3 Å². The maximum Gasteiger partial charge on any atom is 0.573 e. The molecule has 0 saturated heterocycles. The summed E-state index contributed by atoms with van der Waals surface area (Å²) in [5, 5.41) is -3.03. The normalized spacial score (nSPS) is 14.2. The van der Waals surface area contributed by atoms with Crippen molar-refractivity contribution in [3.05, 3.63) is 252 Å². The van der Waals surface area contributed by atoms with Crippen LogP contribution in [0, 0.1) is 27.7 Å². The van der Waals surface area contributed by atoms with Crippen molar-refractivity contribution < 1.29 is 146 Å². The second-order valence-corrected chi connectivity index (χ2v) is 33.4. The molecule has 0 spiro atoms. The lowest BCUT2D eigenvalue weighted by molar-refractivity contribution is -0.276. The van der Waals surface area contributed by atoms with E-state index in [-0.39, 0.29) is 163 Å².